The molecule has 13 heavy (non-hydrogen) atoms. The molecule has 1 aliphatic rings. The third-order valence-electron chi connectivity index (χ3n) is 2.08. The molecule has 0 saturated carbocycles. The van der Waals surface area contributed by atoms with Gasteiger partial charge in [0, 0.05) is 25.3 Å². The average molecular weight is 200 g/mol. The van der Waals surface area contributed by atoms with Crippen molar-refractivity contribution in [3.8, 4) is 0 Å². The molecule has 1 saturated heterocycles. The summed E-state index contributed by atoms with van der Waals surface area (Å²) in [6, 6.07) is 1.75. The first-order valence-electron chi connectivity index (χ1n) is 4.05. The summed E-state index contributed by atoms with van der Waals surface area (Å²) in [5, 5.41) is 0.549. The van der Waals surface area contributed by atoms with Crippen molar-refractivity contribution in [2.24, 2.45) is 5.73 Å². The van der Waals surface area contributed by atoms with Gasteiger partial charge < -0.3 is 15.6 Å². The molecule has 1 fully saturated rings. The van der Waals surface area contributed by atoms with Crippen LogP contribution in [0.5, 0.6) is 0 Å². The van der Waals surface area contributed by atoms with Crippen molar-refractivity contribution in [1.29, 1.82) is 0 Å². The molecule has 2 heterocycles. The fourth-order valence-corrected chi connectivity index (χ4v) is 1.50. The number of hydrogen-bond acceptors (Lipinski definition) is 2. The highest BCUT2D eigenvalue weighted by Gasteiger charge is 2.28. The first kappa shape index (κ1) is 8.59. The van der Waals surface area contributed by atoms with Gasteiger partial charge in [0.2, 0.25) is 0 Å². The van der Waals surface area contributed by atoms with Gasteiger partial charge in [0.15, 0.2) is 0 Å². The van der Waals surface area contributed by atoms with Crippen molar-refractivity contribution in [1.82, 2.24) is 9.88 Å². The molecule has 70 valence electrons. The van der Waals surface area contributed by atoms with Gasteiger partial charge >= 0.3 is 0 Å². The molecule has 0 atom stereocenters. The van der Waals surface area contributed by atoms with Crippen molar-refractivity contribution >= 4 is 17.5 Å². The van der Waals surface area contributed by atoms with Crippen LogP contribution >= 0.6 is 11.6 Å². The zero-order valence-electron chi connectivity index (χ0n) is 6.96. The highest BCUT2D eigenvalue weighted by Crippen LogP contribution is 2.14. The Kier molecular flexibility index (Phi) is 2.01. The van der Waals surface area contributed by atoms with E-state index in [1.54, 1.807) is 17.2 Å². The number of halogens is 1. The summed E-state index contributed by atoms with van der Waals surface area (Å²) in [4.78, 5) is 16.1. The lowest BCUT2D eigenvalue weighted by molar-refractivity contribution is 0.0602. The van der Waals surface area contributed by atoms with Crippen LogP contribution in [0, 0.1) is 0 Å². The van der Waals surface area contributed by atoms with Crippen LogP contribution in [0.2, 0.25) is 5.02 Å². The van der Waals surface area contributed by atoms with Crippen molar-refractivity contribution < 1.29 is 4.79 Å². The summed E-state index contributed by atoms with van der Waals surface area (Å²) in [5.41, 5.74) is 6.08. The van der Waals surface area contributed by atoms with E-state index in [1.807, 2.05) is 0 Å². The Bertz CT molecular complexity index is 330. The molecule has 1 amide bonds. The Morgan fingerprint density at radius 3 is 2.85 bits per heavy atom. The monoisotopic (exact) mass is 199 g/mol. The second-order valence-electron chi connectivity index (χ2n) is 3.20. The summed E-state index contributed by atoms with van der Waals surface area (Å²) in [5.74, 6) is -0.0337. The zero-order valence-corrected chi connectivity index (χ0v) is 7.71. The summed E-state index contributed by atoms with van der Waals surface area (Å²) >= 11 is 5.67. The minimum absolute atomic E-state index is 0.0337. The van der Waals surface area contributed by atoms with Crippen LogP contribution in [0.15, 0.2) is 12.3 Å². The van der Waals surface area contributed by atoms with E-state index in [4.69, 9.17) is 17.3 Å². The van der Waals surface area contributed by atoms with E-state index in [9.17, 15) is 4.79 Å². The molecule has 2 rings (SSSR count). The molecule has 0 unspecified atom stereocenters. The van der Waals surface area contributed by atoms with Crippen LogP contribution in [0.3, 0.4) is 0 Å². The zero-order chi connectivity index (χ0) is 9.42. The molecule has 1 aliphatic heterocycles. The Morgan fingerprint density at radius 2 is 2.38 bits per heavy atom. The standard InChI is InChI=1S/C8H10ClN3O/c9-5-1-7(11-2-5)8(13)12-3-6(10)4-12/h1-2,6,11H,3-4,10H2. The van der Waals surface area contributed by atoms with Crippen LogP contribution in [0.25, 0.3) is 0 Å². The Morgan fingerprint density at radius 1 is 1.69 bits per heavy atom. The number of H-pyrrole nitrogens is 1. The largest absolute Gasteiger partial charge is 0.356 e. The van der Waals surface area contributed by atoms with Gasteiger partial charge in [-0.3, -0.25) is 4.79 Å². The molecule has 0 aromatic carbocycles. The molecule has 0 spiro atoms. The lowest BCUT2D eigenvalue weighted by Gasteiger charge is -2.36. The fraction of sp³-hybridized carbons (Fsp3) is 0.375. The molecular weight excluding hydrogens is 190 g/mol. The van der Waals surface area contributed by atoms with Crippen LogP contribution in [-0.4, -0.2) is 34.9 Å². The molecule has 3 N–H and O–H groups in total. The van der Waals surface area contributed by atoms with Crippen LogP contribution < -0.4 is 5.73 Å². The first-order valence-corrected chi connectivity index (χ1v) is 4.43. The highest BCUT2D eigenvalue weighted by atomic mass is 35.5. The molecule has 0 bridgehead atoms. The molecule has 4 nitrogen and oxygen atoms in total. The van der Waals surface area contributed by atoms with Crippen LogP contribution in [0.4, 0.5) is 0 Å². The quantitative estimate of drug-likeness (QED) is 0.690. The Hall–Kier alpha value is -1.00. The normalized spacial score (nSPS) is 17.2. The average Bonchev–Trinajstić information content (AvgIpc) is 2.45. The van der Waals surface area contributed by atoms with E-state index >= 15 is 0 Å². The van der Waals surface area contributed by atoms with Crippen molar-refractivity contribution in [3.05, 3.63) is 23.0 Å². The predicted octanol–water partition coefficient (Wildman–Crippen LogP) is 0.451. The van der Waals surface area contributed by atoms with E-state index < -0.39 is 0 Å². The maximum Gasteiger partial charge on any atom is 0.270 e. The summed E-state index contributed by atoms with van der Waals surface area (Å²) < 4.78 is 0. The van der Waals surface area contributed by atoms with Gasteiger partial charge in [-0.05, 0) is 6.07 Å². The number of carbonyl (C=O) groups is 1. The second-order valence-corrected chi connectivity index (χ2v) is 3.64. The number of nitrogens with one attached hydrogen (secondary N) is 1. The third kappa shape index (κ3) is 1.55. The fourth-order valence-electron chi connectivity index (χ4n) is 1.34. The summed E-state index contributed by atoms with van der Waals surface area (Å²) in [6.45, 7) is 1.27. The molecular formula is C8H10ClN3O. The Balaban J connectivity index is 2.06. The Labute approximate surface area is 80.7 Å². The smallest absolute Gasteiger partial charge is 0.270 e. The SMILES string of the molecule is NC1CN(C(=O)c2cc(Cl)c[nH]2)C1. The minimum Gasteiger partial charge on any atom is -0.356 e. The van der Waals surface area contributed by atoms with Gasteiger partial charge in [-0.25, -0.2) is 0 Å². The summed E-state index contributed by atoms with van der Waals surface area (Å²) in [7, 11) is 0. The first-order chi connectivity index (χ1) is 6.16. The number of carbonyl (C=O) groups excluding carboxylic acids is 1. The molecule has 1 aromatic heterocycles. The lowest BCUT2D eigenvalue weighted by atomic mass is 10.1. The van der Waals surface area contributed by atoms with E-state index in [-0.39, 0.29) is 11.9 Å². The van der Waals surface area contributed by atoms with Crippen LogP contribution in [-0.2, 0) is 0 Å². The van der Waals surface area contributed by atoms with E-state index in [1.165, 1.54) is 0 Å². The highest BCUT2D eigenvalue weighted by molar-refractivity contribution is 6.30. The number of rotatable bonds is 1. The maximum absolute atomic E-state index is 11.6. The van der Waals surface area contributed by atoms with Gasteiger partial charge in [-0.15, -0.1) is 0 Å². The van der Waals surface area contributed by atoms with Gasteiger partial charge in [-0.2, -0.15) is 0 Å². The lowest BCUT2D eigenvalue weighted by Crippen LogP contribution is -2.57. The van der Waals surface area contributed by atoms with E-state index in [0.717, 1.165) is 0 Å². The van der Waals surface area contributed by atoms with Crippen molar-refractivity contribution in [3.63, 3.8) is 0 Å². The van der Waals surface area contributed by atoms with Gasteiger partial charge in [0.25, 0.3) is 5.91 Å². The number of aromatic nitrogens is 1. The number of nitrogens with zero attached hydrogens (tertiary/aromatic N) is 1. The molecule has 0 radical (unpaired) electrons. The number of likely N-dealkylation sites (tertiary alicyclic amines) is 1. The van der Waals surface area contributed by atoms with Crippen LogP contribution in [0.1, 0.15) is 10.5 Å². The van der Waals surface area contributed by atoms with E-state index in [0.29, 0.717) is 23.8 Å². The second kappa shape index (κ2) is 3.05. The van der Waals surface area contributed by atoms with Gasteiger partial charge in [-0.1, -0.05) is 11.6 Å². The third-order valence-corrected chi connectivity index (χ3v) is 2.29. The number of aromatic amines is 1. The van der Waals surface area contributed by atoms with E-state index in [2.05, 4.69) is 4.98 Å². The maximum atomic E-state index is 11.6. The van der Waals surface area contributed by atoms with Crippen molar-refractivity contribution in [2.75, 3.05) is 13.1 Å². The number of nitrogens with two attached hydrogens (primary N) is 1. The number of amides is 1. The minimum atomic E-state index is -0.0337. The number of hydrogen-bond donors (Lipinski definition) is 2. The molecule has 5 heteroatoms. The summed E-state index contributed by atoms with van der Waals surface area (Å²) in [6.07, 6.45) is 1.59. The van der Waals surface area contributed by atoms with Gasteiger partial charge in [0.1, 0.15) is 5.69 Å². The van der Waals surface area contributed by atoms with Crippen molar-refractivity contribution in [2.45, 2.75) is 6.04 Å². The predicted molar refractivity (Wildman–Crippen MR) is 49.7 cm³/mol. The van der Waals surface area contributed by atoms with Gasteiger partial charge in [0.05, 0.1) is 5.02 Å². The molecule has 0 aliphatic carbocycles. The topological polar surface area (TPSA) is 62.1 Å². The molecule has 1 aromatic rings.